The zero-order valence-corrected chi connectivity index (χ0v) is 18.9. The molecular weight excluding hydrogens is 463 g/mol. The van der Waals surface area contributed by atoms with E-state index in [1.54, 1.807) is 42.5 Å². The third kappa shape index (κ3) is 6.87. The maximum absolute atomic E-state index is 12.3. The lowest BCUT2D eigenvalue weighted by Crippen LogP contribution is -2.33. The number of nitrogens with zero attached hydrogens (tertiary/aromatic N) is 2. The molecule has 0 spiro atoms. The lowest BCUT2D eigenvalue weighted by molar-refractivity contribution is -0.274. The number of hydrogen-bond donors (Lipinski definition) is 2. The van der Waals surface area contributed by atoms with Crippen LogP contribution in [0.15, 0.2) is 48.5 Å². The standard InChI is InChI=1S/C25H26F3N3O4/c26-25(27,28)35-20-7-3-17(4-8-20)13-31-14-21-22(15-31)23(21)30-9-10-34-19-5-1-16(2-6-19)11-18(12-29)24(32)33/h1-8,18,21-23,30H,9-11,13-15H2,(H,32,33)/t18?,21-,22+,23?. The topological polar surface area (TPSA) is 94.8 Å². The van der Waals surface area contributed by atoms with Crippen molar-refractivity contribution in [3.63, 3.8) is 0 Å². The minimum atomic E-state index is -4.68. The first-order chi connectivity index (χ1) is 16.7. The van der Waals surface area contributed by atoms with E-state index in [1.165, 1.54) is 12.1 Å². The summed E-state index contributed by atoms with van der Waals surface area (Å²) in [6, 6.07) is 15.3. The molecule has 1 heterocycles. The molecule has 2 aliphatic rings. The Labute approximate surface area is 201 Å². The quantitative estimate of drug-likeness (QED) is 0.467. The van der Waals surface area contributed by atoms with Gasteiger partial charge in [0.05, 0.1) is 6.07 Å². The number of halogens is 3. The normalized spacial score (nSPS) is 22.2. The molecule has 4 rings (SSSR count). The van der Waals surface area contributed by atoms with Crippen molar-refractivity contribution in [3.05, 3.63) is 59.7 Å². The van der Waals surface area contributed by atoms with Crippen LogP contribution in [0.3, 0.4) is 0 Å². The first-order valence-electron chi connectivity index (χ1n) is 11.4. The van der Waals surface area contributed by atoms with Gasteiger partial charge >= 0.3 is 12.3 Å². The fraction of sp³-hybridized carbons (Fsp3) is 0.440. The Bertz CT molecular complexity index is 1040. The van der Waals surface area contributed by atoms with E-state index in [0.717, 1.165) is 24.2 Å². The number of carbonyl (C=O) groups is 1. The molecule has 2 aromatic rings. The average Bonchev–Trinajstić information content (AvgIpc) is 3.26. The zero-order chi connectivity index (χ0) is 25.0. The van der Waals surface area contributed by atoms with Crippen molar-refractivity contribution in [3.8, 4) is 17.6 Å². The Morgan fingerprint density at radius 3 is 2.26 bits per heavy atom. The van der Waals surface area contributed by atoms with Crippen LogP contribution in [0.4, 0.5) is 13.2 Å². The van der Waals surface area contributed by atoms with Crippen molar-refractivity contribution in [1.82, 2.24) is 10.2 Å². The largest absolute Gasteiger partial charge is 0.573 e. The average molecular weight is 489 g/mol. The van der Waals surface area contributed by atoms with Gasteiger partial charge in [-0.3, -0.25) is 9.69 Å². The summed E-state index contributed by atoms with van der Waals surface area (Å²) in [4.78, 5) is 13.3. The number of rotatable bonds is 11. The van der Waals surface area contributed by atoms with Crippen LogP contribution in [0.2, 0.25) is 0 Å². The third-order valence-electron chi connectivity index (χ3n) is 6.40. The molecule has 2 fully saturated rings. The van der Waals surface area contributed by atoms with Crippen molar-refractivity contribution in [2.75, 3.05) is 26.2 Å². The predicted molar refractivity (Wildman–Crippen MR) is 120 cm³/mol. The molecule has 0 aromatic heterocycles. The number of fused-ring (bicyclic) bond motifs is 1. The van der Waals surface area contributed by atoms with Crippen LogP contribution in [0.25, 0.3) is 0 Å². The highest BCUT2D eigenvalue weighted by molar-refractivity contribution is 5.73. The van der Waals surface area contributed by atoms with E-state index in [2.05, 4.69) is 15.0 Å². The molecule has 7 nitrogen and oxygen atoms in total. The fourth-order valence-electron chi connectivity index (χ4n) is 4.64. The van der Waals surface area contributed by atoms with Gasteiger partial charge in [0.2, 0.25) is 0 Å². The summed E-state index contributed by atoms with van der Waals surface area (Å²) in [5.41, 5.74) is 1.72. The number of benzene rings is 2. The van der Waals surface area contributed by atoms with Gasteiger partial charge in [-0.1, -0.05) is 24.3 Å². The lowest BCUT2D eigenvalue weighted by atomic mass is 10.0. The molecule has 1 saturated carbocycles. The van der Waals surface area contributed by atoms with Crippen LogP contribution in [-0.4, -0.2) is 54.6 Å². The second-order valence-electron chi connectivity index (χ2n) is 8.91. The molecule has 1 aliphatic heterocycles. The van der Waals surface area contributed by atoms with Crippen LogP contribution in [0.5, 0.6) is 11.5 Å². The predicted octanol–water partition coefficient (Wildman–Crippen LogP) is 3.45. The minimum absolute atomic E-state index is 0.160. The molecule has 2 unspecified atom stereocenters. The van der Waals surface area contributed by atoms with Crippen molar-refractivity contribution >= 4 is 5.97 Å². The highest BCUT2D eigenvalue weighted by Gasteiger charge is 2.55. The van der Waals surface area contributed by atoms with Gasteiger partial charge in [0.15, 0.2) is 0 Å². The molecule has 4 atom stereocenters. The number of hydrogen-bond acceptors (Lipinski definition) is 6. The third-order valence-corrected chi connectivity index (χ3v) is 6.40. The van der Waals surface area contributed by atoms with E-state index in [0.29, 0.717) is 43.3 Å². The van der Waals surface area contributed by atoms with E-state index >= 15 is 0 Å². The summed E-state index contributed by atoms with van der Waals surface area (Å²) < 4.78 is 46.5. The number of likely N-dealkylation sites (tertiary alicyclic amines) is 1. The molecule has 0 radical (unpaired) electrons. The number of piperidine rings is 1. The number of alkyl halides is 3. The monoisotopic (exact) mass is 489 g/mol. The van der Waals surface area contributed by atoms with Gasteiger partial charge in [-0.05, 0) is 53.6 Å². The summed E-state index contributed by atoms with van der Waals surface area (Å²) >= 11 is 0. The number of carboxylic acids is 1. The summed E-state index contributed by atoms with van der Waals surface area (Å²) in [5.74, 6) is -0.556. The molecule has 1 aliphatic carbocycles. The second-order valence-corrected chi connectivity index (χ2v) is 8.91. The van der Waals surface area contributed by atoms with Crippen molar-refractivity contribution in [1.29, 1.82) is 5.26 Å². The van der Waals surface area contributed by atoms with Crippen LogP contribution >= 0.6 is 0 Å². The molecule has 35 heavy (non-hydrogen) atoms. The van der Waals surface area contributed by atoms with Gasteiger partial charge in [0.25, 0.3) is 0 Å². The van der Waals surface area contributed by atoms with Gasteiger partial charge in [-0.15, -0.1) is 13.2 Å². The second kappa shape index (κ2) is 10.5. The van der Waals surface area contributed by atoms with Gasteiger partial charge in [-0.2, -0.15) is 5.26 Å². The van der Waals surface area contributed by atoms with Gasteiger partial charge in [0.1, 0.15) is 24.0 Å². The van der Waals surface area contributed by atoms with Gasteiger partial charge < -0.3 is 19.9 Å². The van der Waals surface area contributed by atoms with E-state index in [-0.39, 0.29) is 12.2 Å². The van der Waals surface area contributed by atoms with E-state index < -0.39 is 18.2 Å². The first kappa shape index (κ1) is 24.8. The number of aliphatic carboxylic acids is 1. The van der Waals surface area contributed by atoms with Crippen molar-refractivity contribution in [2.24, 2.45) is 17.8 Å². The van der Waals surface area contributed by atoms with Crippen LogP contribution in [0.1, 0.15) is 11.1 Å². The van der Waals surface area contributed by atoms with Gasteiger partial charge in [0, 0.05) is 32.2 Å². The first-order valence-corrected chi connectivity index (χ1v) is 11.4. The smallest absolute Gasteiger partial charge is 0.492 e. The Kier molecular flexibility index (Phi) is 7.48. The summed E-state index contributed by atoms with van der Waals surface area (Å²) in [6.45, 7) is 3.81. The van der Waals surface area contributed by atoms with E-state index in [1.807, 2.05) is 0 Å². The SMILES string of the molecule is N#CC(Cc1ccc(OCCNC2[C@H]3CN(Cc4ccc(OC(F)(F)F)cc4)C[C@@H]23)cc1)C(=O)O. The highest BCUT2D eigenvalue weighted by Crippen LogP contribution is 2.45. The molecule has 0 bridgehead atoms. The number of ether oxygens (including phenoxy) is 2. The van der Waals surface area contributed by atoms with Crippen LogP contribution in [0, 0.1) is 29.1 Å². The number of nitriles is 1. The van der Waals surface area contributed by atoms with E-state index in [4.69, 9.17) is 15.1 Å². The van der Waals surface area contributed by atoms with Crippen LogP contribution in [-0.2, 0) is 17.8 Å². The molecule has 10 heteroatoms. The van der Waals surface area contributed by atoms with Crippen LogP contribution < -0.4 is 14.8 Å². The van der Waals surface area contributed by atoms with Crippen molar-refractivity contribution < 1.29 is 32.5 Å². The molecule has 2 aromatic carbocycles. The Balaban J connectivity index is 1.11. The summed E-state index contributed by atoms with van der Waals surface area (Å²) in [7, 11) is 0. The van der Waals surface area contributed by atoms with E-state index in [9.17, 15) is 18.0 Å². The molecular formula is C25H26F3N3O4. The molecule has 2 N–H and O–H groups in total. The fourth-order valence-corrected chi connectivity index (χ4v) is 4.64. The maximum atomic E-state index is 12.3. The Morgan fingerprint density at radius 1 is 1.09 bits per heavy atom. The summed E-state index contributed by atoms with van der Waals surface area (Å²) in [6.07, 6.45) is -4.52. The highest BCUT2D eigenvalue weighted by atomic mass is 19.4. The maximum Gasteiger partial charge on any atom is 0.573 e. The Hall–Kier alpha value is -3.29. The minimum Gasteiger partial charge on any atom is -0.492 e. The van der Waals surface area contributed by atoms with Gasteiger partial charge in [-0.25, -0.2) is 0 Å². The lowest BCUT2D eigenvalue weighted by Gasteiger charge is -2.20. The molecule has 0 amide bonds. The molecule has 1 saturated heterocycles. The Morgan fingerprint density at radius 2 is 1.69 bits per heavy atom. The number of nitrogens with one attached hydrogen (secondary N) is 1. The zero-order valence-electron chi connectivity index (χ0n) is 18.9. The summed E-state index contributed by atoms with van der Waals surface area (Å²) in [5, 5.41) is 21.4. The number of carboxylic acid groups (broad SMARTS) is 1. The van der Waals surface area contributed by atoms with Crippen molar-refractivity contribution in [2.45, 2.75) is 25.4 Å². The molecule has 186 valence electrons.